The van der Waals surface area contributed by atoms with E-state index in [9.17, 15) is 17.6 Å². The average Bonchev–Trinajstić information content (AvgIpc) is 2.61. The number of esters is 1. The maximum atomic E-state index is 14.8. The number of hydrogen-bond donors (Lipinski definition) is 0. The van der Waals surface area contributed by atoms with E-state index in [1.807, 2.05) is 0 Å². The molecule has 0 spiro atoms. The molecule has 2 unspecified atom stereocenters. The third-order valence-corrected chi connectivity index (χ3v) is 4.75. The van der Waals surface area contributed by atoms with Crippen molar-refractivity contribution in [2.75, 3.05) is 20.0 Å². The van der Waals surface area contributed by atoms with E-state index in [1.54, 1.807) is 6.92 Å². The first kappa shape index (κ1) is 22.4. The molecule has 2 atom stereocenters. The SMILES string of the molecule is CCOC(=O)C1=NC(c2ccc(Cl)c(OC)c2F)CC(=NOS(C)(=O)=O)C1Cl. The lowest BCUT2D eigenvalue weighted by Gasteiger charge is -2.25. The van der Waals surface area contributed by atoms with Gasteiger partial charge in [0.25, 0.3) is 0 Å². The Morgan fingerprint density at radius 1 is 1.43 bits per heavy atom. The largest absolute Gasteiger partial charge is 0.492 e. The molecular formula is C16H17Cl2FN2O6S. The maximum Gasteiger partial charge on any atom is 0.354 e. The van der Waals surface area contributed by atoms with Crippen molar-refractivity contribution in [1.82, 2.24) is 0 Å². The zero-order chi connectivity index (χ0) is 21.1. The van der Waals surface area contributed by atoms with E-state index >= 15 is 0 Å². The Hall–Kier alpha value is -1.91. The van der Waals surface area contributed by atoms with Gasteiger partial charge in [0.2, 0.25) is 0 Å². The number of oxime groups is 1. The van der Waals surface area contributed by atoms with Crippen LogP contribution in [0.4, 0.5) is 4.39 Å². The lowest BCUT2D eigenvalue weighted by atomic mass is 9.94. The number of halogens is 3. The van der Waals surface area contributed by atoms with Gasteiger partial charge in [0, 0.05) is 12.0 Å². The highest BCUT2D eigenvalue weighted by molar-refractivity contribution is 7.85. The standard InChI is InChI=1S/C16H17Cl2FN2O6S/c1-4-26-16(22)14-12(18)11(21-27-28(3,23)24)7-10(20-14)8-5-6-9(17)15(25-2)13(8)19/h5-6,10,12H,4,7H2,1-3H3. The summed E-state index contributed by atoms with van der Waals surface area (Å²) in [5.41, 5.74) is -0.217. The van der Waals surface area contributed by atoms with Gasteiger partial charge >= 0.3 is 16.1 Å². The van der Waals surface area contributed by atoms with Gasteiger partial charge in [0.05, 0.1) is 36.7 Å². The molecule has 12 heteroatoms. The molecule has 1 aliphatic rings. The van der Waals surface area contributed by atoms with Crippen LogP contribution in [0, 0.1) is 5.82 Å². The van der Waals surface area contributed by atoms with Crippen LogP contribution in [-0.4, -0.2) is 51.2 Å². The molecule has 28 heavy (non-hydrogen) atoms. The molecule has 8 nitrogen and oxygen atoms in total. The topological polar surface area (TPSA) is 104 Å². The van der Waals surface area contributed by atoms with E-state index in [2.05, 4.69) is 14.4 Å². The molecule has 0 bridgehead atoms. The second kappa shape index (κ2) is 9.06. The molecule has 0 fully saturated rings. The van der Waals surface area contributed by atoms with Crippen LogP contribution in [0.2, 0.25) is 5.02 Å². The molecule has 0 aromatic heterocycles. The van der Waals surface area contributed by atoms with E-state index in [0.29, 0.717) is 0 Å². The molecule has 0 amide bonds. The van der Waals surface area contributed by atoms with Crippen molar-refractivity contribution in [3.05, 3.63) is 28.5 Å². The minimum absolute atomic E-state index is 0.0246. The molecule has 1 aliphatic heterocycles. The highest BCUT2D eigenvalue weighted by Crippen LogP contribution is 2.37. The Morgan fingerprint density at radius 2 is 2.11 bits per heavy atom. The Kier molecular flexibility index (Phi) is 7.24. The summed E-state index contributed by atoms with van der Waals surface area (Å²) in [5, 5.41) is 2.38. The summed E-state index contributed by atoms with van der Waals surface area (Å²) in [6.07, 6.45) is 0.693. The Morgan fingerprint density at radius 3 is 2.68 bits per heavy atom. The summed E-state index contributed by atoms with van der Waals surface area (Å²) in [6.45, 7) is 1.65. The zero-order valence-corrected chi connectivity index (χ0v) is 17.4. The number of rotatable bonds is 6. The second-order valence-corrected chi connectivity index (χ2v) is 8.06. The normalized spacial score (nSPS) is 21.2. The Balaban J connectivity index is 2.55. The number of aliphatic imine (C=N–C) groups is 1. The monoisotopic (exact) mass is 454 g/mol. The molecule has 154 valence electrons. The van der Waals surface area contributed by atoms with Crippen LogP contribution in [0.1, 0.15) is 24.9 Å². The van der Waals surface area contributed by atoms with Gasteiger partial charge in [-0.3, -0.25) is 9.28 Å². The molecule has 0 aliphatic carbocycles. The fourth-order valence-corrected chi connectivity index (χ4v) is 3.20. The minimum atomic E-state index is -3.92. The number of nitrogens with zero attached hydrogens (tertiary/aromatic N) is 2. The quantitative estimate of drug-likeness (QED) is 0.371. The summed E-state index contributed by atoms with van der Waals surface area (Å²) < 4.78 is 51.6. The van der Waals surface area contributed by atoms with Gasteiger partial charge < -0.3 is 9.47 Å². The third kappa shape index (κ3) is 5.12. The van der Waals surface area contributed by atoms with Gasteiger partial charge in [-0.1, -0.05) is 22.8 Å². The summed E-state index contributed by atoms with van der Waals surface area (Å²) in [5.74, 6) is -1.80. The minimum Gasteiger partial charge on any atom is -0.492 e. The fraction of sp³-hybridized carbons (Fsp3) is 0.438. The smallest absolute Gasteiger partial charge is 0.354 e. The van der Waals surface area contributed by atoms with E-state index in [4.69, 9.17) is 32.7 Å². The van der Waals surface area contributed by atoms with Crippen LogP contribution in [0.15, 0.2) is 22.3 Å². The van der Waals surface area contributed by atoms with Gasteiger partial charge in [0.15, 0.2) is 11.6 Å². The van der Waals surface area contributed by atoms with Crippen molar-refractivity contribution >= 4 is 50.7 Å². The number of carbonyl (C=O) groups is 1. The summed E-state index contributed by atoms with van der Waals surface area (Å²) in [7, 11) is -2.66. The van der Waals surface area contributed by atoms with E-state index in [-0.39, 0.29) is 40.8 Å². The van der Waals surface area contributed by atoms with Gasteiger partial charge in [0.1, 0.15) is 11.1 Å². The molecule has 0 saturated heterocycles. The summed E-state index contributed by atoms with van der Waals surface area (Å²) in [4.78, 5) is 16.4. The lowest BCUT2D eigenvalue weighted by Crippen LogP contribution is -2.38. The van der Waals surface area contributed by atoms with Crippen LogP contribution >= 0.6 is 23.2 Å². The van der Waals surface area contributed by atoms with Gasteiger partial charge in [-0.25, -0.2) is 9.18 Å². The number of alkyl halides is 1. The number of methoxy groups -OCH3 is 1. The Bertz CT molecular complexity index is 935. The van der Waals surface area contributed by atoms with Gasteiger partial charge in [-0.15, -0.1) is 11.6 Å². The number of ether oxygens (including phenoxy) is 2. The van der Waals surface area contributed by atoms with Crippen LogP contribution in [-0.2, 0) is 23.9 Å². The fourth-order valence-electron chi connectivity index (χ4n) is 2.47. The van der Waals surface area contributed by atoms with Gasteiger partial charge in [-0.2, -0.15) is 8.42 Å². The molecule has 1 heterocycles. The van der Waals surface area contributed by atoms with E-state index < -0.39 is 33.3 Å². The first-order chi connectivity index (χ1) is 13.1. The molecule has 0 radical (unpaired) electrons. The molecule has 0 saturated carbocycles. The highest BCUT2D eigenvalue weighted by atomic mass is 35.5. The van der Waals surface area contributed by atoms with Crippen molar-refractivity contribution < 1.29 is 31.4 Å². The lowest BCUT2D eigenvalue weighted by molar-refractivity contribution is -0.135. The maximum absolute atomic E-state index is 14.8. The van der Waals surface area contributed by atoms with Crippen LogP contribution in [0.25, 0.3) is 0 Å². The van der Waals surface area contributed by atoms with Crippen molar-refractivity contribution in [1.29, 1.82) is 0 Å². The average molecular weight is 455 g/mol. The summed E-state index contributed by atoms with van der Waals surface area (Å²) >= 11 is 12.1. The highest BCUT2D eigenvalue weighted by Gasteiger charge is 2.36. The van der Waals surface area contributed by atoms with Crippen molar-refractivity contribution in [3.63, 3.8) is 0 Å². The zero-order valence-electron chi connectivity index (χ0n) is 15.1. The Labute approximate surface area is 171 Å². The third-order valence-electron chi connectivity index (χ3n) is 3.65. The van der Waals surface area contributed by atoms with Crippen LogP contribution < -0.4 is 4.74 Å². The van der Waals surface area contributed by atoms with Crippen LogP contribution in [0.3, 0.4) is 0 Å². The van der Waals surface area contributed by atoms with Crippen molar-refractivity contribution in [2.45, 2.75) is 24.8 Å². The number of hydrogen-bond acceptors (Lipinski definition) is 8. The first-order valence-electron chi connectivity index (χ1n) is 7.95. The number of carbonyl (C=O) groups excluding carboxylic acids is 1. The van der Waals surface area contributed by atoms with Crippen LogP contribution in [0.5, 0.6) is 5.75 Å². The predicted molar refractivity (Wildman–Crippen MR) is 102 cm³/mol. The molecule has 0 N–H and O–H groups in total. The second-order valence-electron chi connectivity index (χ2n) is 5.66. The first-order valence-corrected chi connectivity index (χ1v) is 10.6. The molecule has 1 aromatic carbocycles. The van der Waals surface area contributed by atoms with Gasteiger partial charge in [-0.05, 0) is 13.0 Å². The van der Waals surface area contributed by atoms with Crippen molar-refractivity contribution in [2.24, 2.45) is 10.1 Å². The molecule has 1 aromatic rings. The predicted octanol–water partition coefficient (Wildman–Crippen LogP) is 2.88. The molecule has 2 rings (SSSR count). The van der Waals surface area contributed by atoms with E-state index in [1.165, 1.54) is 19.2 Å². The van der Waals surface area contributed by atoms with E-state index in [0.717, 1.165) is 6.26 Å². The molecular weight excluding hydrogens is 438 g/mol. The van der Waals surface area contributed by atoms with Crippen molar-refractivity contribution in [3.8, 4) is 5.75 Å². The number of benzene rings is 1. The summed E-state index contributed by atoms with van der Waals surface area (Å²) in [6, 6.07) is 1.83.